The van der Waals surface area contributed by atoms with Crippen LogP contribution < -0.4 is 15.4 Å². The van der Waals surface area contributed by atoms with Crippen molar-refractivity contribution >= 4 is 23.3 Å². The number of nitrogens with one attached hydrogen (secondary N) is 2. The van der Waals surface area contributed by atoms with Crippen LogP contribution in [0, 0.1) is 0 Å². The highest BCUT2D eigenvalue weighted by atomic mass is 16.5. The van der Waals surface area contributed by atoms with Crippen LogP contribution in [0.1, 0.15) is 35.3 Å². The number of carbonyl (C=O) groups is 2. The molecule has 6 heteroatoms. The molecule has 3 rings (SSSR count). The number of rotatable bonds is 6. The van der Waals surface area contributed by atoms with E-state index in [1.165, 1.54) is 6.08 Å². The normalized spacial score (nSPS) is 15.5. The molecule has 1 amide bonds. The van der Waals surface area contributed by atoms with Gasteiger partial charge in [0.05, 0.1) is 7.11 Å². The maximum absolute atomic E-state index is 13.0. The zero-order chi connectivity index (χ0) is 21.7. The molecule has 1 aliphatic rings. The predicted octanol–water partition coefficient (Wildman–Crippen LogP) is 4.58. The van der Waals surface area contributed by atoms with Gasteiger partial charge in [0, 0.05) is 34.1 Å². The van der Waals surface area contributed by atoms with Gasteiger partial charge in [0.2, 0.25) is 0 Å². The first kappa shape index (κ1) is 21.2. The van der Waals surface area contributed by atoms with Gasteiger partial charge in [0.15, 0.2) is 5.78 Å². The number of ether oxygens (including phenoxy) is 2. The second kappa shape index (κ2) is 8.86. The summed E-state index contributed by atoms with van der Waals surface area (Å²) in [5, 5.41) is 6.06. The summed E-state index contributed by atoms with van der Waals surface area (Å²) in [6.45, 7) is 7.80. The number of hydrogen-bond donors (Lipinski definition) is 2. The topological polar surface area (TPSA) is 76.7 Å². The molecule has 0 aliphatic carbocycles. The molecule has 6 nitrogen and oxygen atoms in total. The summed E-state index contributed by atoms with van der Waals surface area (Å²) in [4.78, 5) is 24.7. The largest absolute Gasteiger partial charge is 0.497 e. The smallest absolute Gasteiger partial charge is 0.411 e. The van der Waals surface area contributed by atoms with Crippen molar-refractivity contribution in [3.8, 4) is 5.75 Å². The molecule has 0 saturated heterocycles. The zero-order valence-corrected chi connectivity index (χ0v) is 17.5. The zero-order valence-electron chi connectivity index (χ0n) is 17.5. The van der Waals surface area contributed by atoms with E-state index in [1.54, 1.807) is 37.5 Å². The number of ketones is 1. The van der Waals surface area contributed by atoms with Gasteiger partial charge in [-0.1, -0.05) is 30.9 Å². The van der Waals surface area contributed by atoms with Crippen LogP contribution in [0.4, 0.5) is 10.5 Å². The second-order valence-corrected chi connectivity index (χ2v) is 7.72. The molecular formula is C24H26N2O4. The van der Waals surface area contributed by atoms with Crippen LogP contribution in [0.25, 0.3) is 5.70 Å². The van der Waals surface area contributed by atoms with E-state index >= 15 is 0 Å². The van der Waals surface area contributed by atoms with Crippen LogP contribution in [-0.4, -0.2) is 31.1 Å². The van der Waals surface area contributed by atoms with Crippen LogP contribution in [-0.2, 0) is 11.2 Å². The Bertz CT molecular complexity index is 1010. The lowest BCUT2D eigenvalue weighted by Crippen LogP contribution is -2.43. The van der Waals surface area contributed by atoms with Crippen molar-refractivity contribution in [2.24, 2.45) is 0 Å². The van der Waals surface area contributed by atoms with Gasteiger partial charge >= 0.3 is 6.09 Å². The number of methoxy groups -OCH3 is 1. The van der Waals surface area contributed by atoms with Gasteiger partial charge in [-0.15, -0.1) is 0 Å². The summed E-state index contributed by atoms with van der Waals surface area (Å²) in [5.74, 6) is 0.560. The van der Waals surface area contributed by atoms with Crippen LogP contribution >= 0.6 is 0 Å². The highest BCUT2D eigenvalue weighted by Crippen LogP contribution is 2.32. The number of anilines is 1. The fourth-order valence-electron chi connectivity index (χ4n) is 3.41. The highest BCUT2D eigenvalue weighted by molar-refractivity contribution is 6.09. The van der Waals surface area contributed by atoms with E-state index in [-0.39, 0.29) is 17.9 Å². The molecule has 1 aliphatic heterocycles. The lowest BCUT2D eigenvalue weighted by Gasteiger charge is -2.35. The van der Waals surface area contributed by atoms with Crippen molar-refractivity contribution in [3.63, 3.8) is 0 Å². The lowest BCUT2D eigenvalue weighted by molar-refractivity contribution is 0.104. The molecule has 0 fully saturated rings. The summed E-state index contributed by atoms with van der Waals surface area (Å²) in [6, 6.07) is 12.6. The Morgan fingerprint density at radius 2 is 2.03 bits per heavy atom. The average Bonchev–Trinajstić information content (AvgIpc) is 2.71. The number of amides is 1. The molecule has 0 saturated carbocycles. The number of carbonyl (C=O) groups excluding carboxylic acids is 2. The van der Waals surface area contributed by atoms with Crippen LogP contribution in [0.5, 0.6) is 5.75 Å². The fourth-order valence-corrected chi connectivity index (χ4v) is 3.41. The van der Waals surface area contributed by atoms with Gasteiger partial charge in [-0.25, -0.2) is 4.79 Å². The summed E-state index contributed by atoms with van der Waals surface area (Å²) >= 11 is 0. The minimum atomic E-state index is -0.602. The van der Waals surface area contributed by atoms with Gasteiger partial charge < -0.3 is 14.8 Å². The van der Waals surface area contributed by atoms with Gasteiger partial charge in [0.1, 0.15) is 12.4 Å². The predicted molar refractivity (Wildman–Crippen MR) is 118 cm³/mol. The molecule has 1 heterocycles. The van der Waals surface area contributed by atoms with Crippen molar-refractivity contribution in [2.45, 2.75) is 25.8 Å². The molecule has 2 aromatic carbocycles. The maximum Gasteiger partial charge on any atom is 0.411 e. The monoisotopic (exact) mass is 406 g/mol. The van der Waals surface area contributed by atoms with Crippen LogP contribution in [0.3, 0.4) is 0 Å². The first-order valence-corrected chi connectivity index (χ1v) is 9.67. The molecule has 0 atom stereocenters. The molecule has 2 aromatic rings. The number of fused-ring (bicyclic) bond motifs is 1. The standard InChI is InChI=1S/C24H26N2O4/c1-5-11-30-23(28)25-18-8-6-7-16(12-18)22(27)14-21-20-13-19(29-4)10-9-17(20)15-24(2,3)26-21/h5-10,12-14,26H,1,11,15H2,2-4H3,(H,25,28). The summed E-state index contributed by atoms with van der Waals surface area (Å²) in [7, 11) is 1.62. The van der Waals surface area contributed by atoms with E-state index < -0.39 is 6.09 Å². The SMILES string of the molecule is C=CCOC(=O)Nc1cccc(C(=O)C=C2NC(C)(C)Cc3ccc(OC)cc32)c1. The molecular weight excluding hydrogens is 380 g/mol. The van der Waals surface area contributed by atoms with Crippen molar-refractivity contribution in [3.05, 3.63) is 77.9 Å². The van der Waals surface area contributed by atoms with E-state index in [4.69, 9.17) is 9.47 Å². The Kier molecular flexibility index (Phi) is 6.26. The number of hydrogen-bond acceptors (Lipinski definition) is 5. The quantitative estimate of drug-likeness (QED) is 0.417. The molecule has 0 aromatic heterocycles. The minimum Gasteiger partial charge on any atom is -0.497 e. The first-order valence-electron chi connectivity index (χ1n) is 9.67. The average molecular weight is 406 g/mol. The van der Waals surface area contributed by atoms with E-state index in [1.807, 2.05) is 18.2 Å². The van der Waals surface area contributed by atoms with E-state index in [2.05, 4.69) is 31.1 Å². The Balaban J connectivity index is 1.88. The third-order valence-electron chi connectivity index (χ3n) is 4.71. The Labute approximate surface area is 176 Å². The van der Waals surface area contributed by atoms with Crippen molar-refractivity contribution in [2.75, 3.05) is 19.0 Å². The molecule has 0 unspecified atom stereocenters. The van der Waals surface area contributed by atoms with Crippen molar-refractivity contribution < 1.29 is 19.1 Å². The Morgan fingerprint density at radius 3 is 2.77 bits per heavy atom. The van der Waals surface area contributed by atoms with Gasteiger partial charge in [-0.05, 0) is 50.1 Å². The fraction of sp³-hybridized carbons (Fsp3) is 0.250. The van der Waals surface area contributed by atoms with Gasteiger partial charge in [0.25, 0.3) is 0 Å². The Morgan fingerprint density at radius 1 is 1.23 bits per heavy atom. The third-order valence-corrected chi connectivity index (χ3v) is 4.71. The maximum atomic E-state index is 13.0. The third kappa shape index (κ3) is 5.08. The molecule has 0 spiro atoms. The Hall–Kier alpha value is -3.54. The van der Waals surface area contributed by atoms with Crippen molar-refractivity contribution in [1.29, 1.82) is 0 Å². The lowest BCUT2D eigenvalue weighted by atomic mass is 9.85. The second-order valence-electron chi connectivity index (χ2n) is 7.72. The highest BCUT2D eigenvalue weighted by Gasteiger charge is 2.28. The molecule has 2 N–H and O–H groups in total. The molecule has 0 radical (unpaired) electrons. The first-order chi connectivity index (χ1) is 14.3. The van der Waals surface area contributed by atoms with Crippen LogP contribution in [0.2, 0.25) is 0 Å². The summed E-state index contributed by atoms with van der Waals surface area (Å²) < 4.78 is 10.3. The number of allylic oxidation sites excluding steroid dienone is 1. The van der Waals surface area contributed by atoms with E-state index in [0.29, 0.717) is 11.3 Å². The summed E-state index contributed by atoms with van der Waals surface area (Å²) in [6.07, 6.45) is 3.31. The van der Waals surface area contributed by atoms with Crippen LogP contribution in [0.15, 0.2) is 61.2 Å². The molecule has 0 bridgehead atoms. The van der Waals surface area contributed by atoms with Gasteiger partial charge in [-0.2, -0.15) is 0 Å². The molecule has 30 heavy (non-hydrogen) atoms. The summed E-state index contributed by atoms with van der Waals surface area (Å²) in [5.41, 5.74) is 3.59. The van der Waals surface area contributed by atoms with E-state index in [0.717, 1.165) is 29.0 Å². The minimum absolute atomic E-state index is 0.112. The van der Waals surface area contributed by atoms with E-state index in [9.17, 15) is 9.59 Å². The molecule has 156 valence electrons. The van der Waals surface area contributed by atoms with Gasteiger partial charge in [-0.3, -0.25) is 10.1 Å². The number of benzene rings is 2. The van der Waals surface area contributed by atoms with Crippen molar-refractivity contribution in [1.82, 2.24) is 5.32 Å².